The first-order valence-corrected chi connectivity index (χ1v) is 19.7. The summed E-state index contributed by atoms with van der Waals surface area (Å²) in [4.78, 5) is 56.5. The molecule has 282 valence electrons. The van der Waals surface area contributed by atoms with Gasteiger partial charge in [-0.2, -0.15) is 9.29 Å². The molecule has 19 nitrogen and oxygen atoms in total. The molecule has 5 rings (SSSR count). The van der Waals surface area contributed by atoms with Crippen LogP contribution in [0, 0.1) is 0 Å². The van der Waals surface area contributed by atoms with Crippen molar-refractivity contribution in [2.75, 3.05) is 18.9 Å². The highest BCUT2D eigenvalue weighted by atomic mass is 32.2. The van der Waals surface area contributed by atoms with Crippen molar-refractivity contribution < 1.29 is 57.1 Å². The predicted molar refractivity (Wildman–Crippen MR) is 184 cm³/mol. The summed E-state index contributed by atoms with van der Waals surface area (Å²) in [5.41, 5.74) is 6.45. The fraction of sp³-hybridized carbons (Fsp3) is 0.400. The number of nitrogens with one attached hydrogen (secondary N) is 2. The number of phosphoric acid groups is 2. The molecule has 1 saturated heterocycles. The van der Waals surface area contributed by atoms with E-state index in [0.717, 1.165) is 31.8 Å². The van der Waals surface area contributed by atoms with Gasteiger partial charge < -0.3 is 40.9 Å². The highest BCUT2D eigenvalue weighted by Crippen LogP contribution is 2.60. The number of amides is 1. The number of aliphatic hydroxyl groups is 3. The molecule has 2 aromatic heterocycles. The normalized spacial score (nSPS) is 21.2. The Hall–Kier alpha value is -3.49. The summed E-state index contributed by atoms with van der Waals surface area (Å²) in [6.07, 6.45) is -3.72. The molecule has 0 saturated carbocycles. The Bertz CT molecular complexity index is 2020. The van der Waals surface area contributed by atoms with E-state index in [2.05, 4.69) is 24.6 Å². The number of imidazole rings is 1. The number of unbranched alkanes of at least 4 members (excludes halogenated alkanes) is 2. The molecule has 1 amide bonds. The number of hydrogen-bond acceptors (Lipinski definition) is 15. The Morgan fingerprint density at radius 3 is 2.40 bits per heavy atom. The zero-order chi connectivity index (χ0) is 37.5. The highest BCUT2D eigenvalue weighted by molar-refractivity contribution is 7.99. The number of fused-ring (bicyclic) bond motifs is 1. The second kappa shape index (κ2) is 17.6. The fourth-order valence-electron chi connectivity index (χ4n) is 5.20. The summed E-state index contributed by atoms with van der Waals surface area (Å²) in [6, 6.07) is 15.1. The summed E-state index contributed by atoms with van der Waals surface area (Å²) in [7, 11) is -10.3. The predicted octanol–water partition coefficient (Wildman–Crippen LogP) is 2.09. The van der Waals surface area contributed by atoms with Crippen molar-refractivity contribution in [2.45, 2.75) is 73.2 Å². The lowest BCUT2D eigenvalue weighted by Gasteiger charge is -2.19. The number of phosphoric ester groups is 2. The Kier molecular flexibility index (Phi) is 13.4. The Morgan fingerprint density at radius 2 is 1.67 bits per heavy atom. The minimum atomic E-state index is -5.25. The molecular weight excluding hydrogens is 746 g/mol. The van der Waals surface area contributed by atoms with Crippen molar-refractivity contribution in [1.29, 1.82) is 0 Å². The molecule has 1 fully saturated rings. The fourth-order valence-corrected chi connectivity index (χ4v) is 8.38. The van der Waals surface area contributed by atoms with Crippen LogP contribution >= 0.6 is 27.4 Å². The van der Waals surface area contributed by atoms with Gasteiger partial charge in [0.05, 0.1) is 26.1 Å². The van der Waals surface area contributed by atoms with Crippen molar-refractivity contribution >= 4 is 50.4 Å². The molecule has 2 aromatic carbocycles. The summed E-state index contributed by atoms with van der Waals surface area (Å²) in [6.45, 7) is -0.995. The molecule has 4 aromatic rings. The second-order valence-corrected chi connectivity index (χ2v) is 15.7. The molecule has 0 bridgehead atoms. The minimum absolute atomic E-state index is 0.0635. The molecule has 1 aliphatic heterocycles. The molecule has 6 atom stereocenters. The van der Waals surface area contributed by atoms with Crippen molar-refractivity contribution in [3.8, 4) is 0 Å². The number of aromatic nitrogens is 4. The quantitative estimate of drug-likeness (QED) is 0.0529. The molecule has 9 N–H and O–H groups in total. The number of rotatable bonds is 18. The van der Waals surface area contributed by atoms with E-state index in [1.807, 2.05) is 48.5 Å². The number of nitrogen functional groups attached to an aromatic ring is 1. The molecule has 2 unspecified atom stereocenters. The van der Waals surface area contributed by atoms with Crippen LogP contribution in [0.2, 0.25) is 0 Å². The van der Waals surface area contributed by atoms with Gasteiger partial charge in [-0.1, -0.05) is 54.6 Å². The van der Waals surface area contributed by atoms with Gasteiger partial charge in [0, 0.05) is 22.8 Å². The number of nitrogens with zero attached hydrogens (tertiary/aromatic N) is 3. The summed E-state index contributed by atoms with van der Waals surface area (Å²) >= 11 is 1.50. The SMILES string of the molecule is Nc1nc2c(ncn2[C@@H]2O[C@H](COP(=O)(O)OP(=O)(O)OCCCCCC(=O)NCc3ccccc3Sc3ccccc3CO)[C@@H](O)[C@H]2O)c(=O)[nH]1. The number of anilines is 1. The maximum Gasteiger partial charge on any atom is 0.481 e. The second-order valence-electron chi connectivity index (χ2n) is 11.5. The third kappa shape index (κ3) is 10.3. The van der Waals surface area contributed by atoms with Gasteiger partial charge in [0.15, 0.2) is 17.4 Å². The van der Waals surface area contributed by atoms with Crippen LogP contribution in [-0.4, -0.2) is 82.1 Å². The Morgan fingerprint density at radius 1 is 1.00 bits per heavy atom. The Balaban J connectivity index is 1.00. The maximum absolute atomic E-state index is 12.5. The average Bonchev–Trinajstić information content (AvgIpc) is 3.64. The van der Waals surface area contributed by atoms with Crippen LogP contribution in [0.25, 0.3) is 11.2 Å². The number of carbonyl (C=O) groups excluding carboxylic acids is 1. The molecule has 22 heteroatoms. The van der Waals surface area contributed by atoms with E-state index < -0.39 is 52.4 Å². The molecule has 0 spiro atoms. The standard InChI is InChI=1S/C30H38N6O13P2S/c31-30-34-27-24(28(41)35-30)33-17-36(27)29-26(40)25(39)20(48-29)16-47-51(44,45)49-50(42,43)46-13-7-1-2-12-23(38)32-14-18-8-3-5-10-21(18)52-22-11-6-4-9-19(22)15-37/h3-6,8-11,17,20,25-26,29,37,39-40H,1-2,7,12-16H2,(H,32,38)(H,42,43)(H,44,45)(H3,31,34,35,41)/t20-,25-,26-,29-/m1/s1. The average molecular weight is 785 g/mol. The van der Waals surface area contributed by atoms with Gasteiger partial charge in [-0.05, 0) is 36.1 Å². The largest absolute Gasteiger partial charge is 0.481 e. The number of carbonyl (C=O) groups is 1. The van der Waals surface area contributed by atoms with Crippen LogP contribution < -0.4 is 16.6 Å². The lowest BCUT2D eigenvalue weighted by Crippen LogP contribution is -2.33. The van der Waals surface area contributed by atoms with Gasteiger partial charge in [0.1, 0.15) is 18.3 Å². The Labute approximate surface area is 300 Å². The molecule has 1 aliphatic rings. The van der Waals surface area contributed by atoms with E-state index in [1.165, 1.54) is 11.8 Å². The van der Waals surface area contributed by atoms with Gasteiger partial charge in [-0.25, -0.2) is 14.1 Å². The van der Waals surface area contributed by atoms with Crippen LogP contribution in [0.15, 0.2) is 69.4 Å². The first-order chi connectivity index (χ1) is 24.8. The summed E-state index contributed by atoms with van der Waals surface area (Å²) in [5, 5.41) is 33.5. The van der Waals surface area contributed by atoms with E-state index in [4.69, 9.17) is 19.5 Å². The van der Waals surface area contributed by atoms with E-state index >= 15 is 0 Å². The monoisotopic (exact) mass is 784 g/mol. The van der Waals surface area contributed by atoms with E-state index in [9.17, 15) is 43.8 Å². The minimum Gasteiger partial charge on any atom is -0.392 e. The van der Waals surface area contributed by atoms with Crippen LogP contribution in [0.4, 0.5) is 5.95 Å². The van der Waals surface area contributed by atoms with Crippen molar-refractivity contribution in [3.63, 3.8) is 0 Å². The number of benzene rings is 2. The van der Waals surface area contributed by atoms with Crippen LogP contribution in [0.3, 0.4) is 0 Å². The third-order valence-electron chi connectivity index (χ3n) is 7.78. The number of H-pyrrole nitrogens is 1. The number of ether oxygens (including phenoxy) is 1. The van der Waals surface area contributed by atoms with Crippen LogP contribution in [0.5, 0.6) is 0 Å². The number of hydrogen-bond donors (Lipinski definition) is 8. The lowest BCUT2D eigenvalue weighted by atomic mass is 10.1. The highest BCUT2D eigenvalue weighted by Gasteiger charge is 2.46. The van der Waals surface area contributed by atoms with Gasteiger partial charge in [-0.3, -0.25) is 28.2 Å². The third-order valence-corrected chi connectivity index (χ3v) is 11.7. The maximum atomic E-state index is 12.5. The summed E-state index contributed by atoms with van der Waals surface area (Å²) < 4.78 is 45.3. The smallest absolute Gasteiger partial charge is 0.392 e. The zero-order valence-electron chi connectivity index (χ0n) is 27.4. The zero-order valence-corrected chi connectivity index (χ0v) is 30.0. The first-order valence-electron chi connectivity index (χ1n) is 15.9. The van der Waals surface area contributed by atoms with Crippen molar-refractivity contribution in [3.05, 3.63) is 76.3 Å². The van der Waals surface area contributed by atoms with Gasteiger partial charge >= 0.3 is 15.6 Å². The summed E-state index contributed by atoms with van der Waals surface area (Å²) in [5.74, 6) is -0.438. The van der Waals surface area contributed by atoms with Crippen molar-refractivity contribution in [2.24, 2.45) is 0 Å². The van der Waals surface area contributed by atoms with E-state index in [-0.39, 0.29) is 49.1 Å². The van der Waals surface area contributed by atoms with Crippen LogP contribution in [-0.2, 0) is 45.2 Å². The van der Waals surface area contributed by atoms with Gasteiger partial charge in [0.25, 0.3) is 5.56 Å². The van der Waals surface area contributed by atoms with Crippen molar-refractivity contribution in [1.82, 2.24) is 24.8 Å². The molecule has 3 heterocycles. The molecule has 0 aliphatic carbocycles. The first kappa shape index (κ1) is 39.7. The van der Waals surface area contributed by atoms with Crippen LogP contribution in [0.1, 0.15) is 43.0 Å². The molecule has 0 radical (unpaired) electrons. The lowest BCUT2D eigenvalue weighted by molar-refractivity contribution is -0.121. The molecular formula is C30H38N6O13P2S. The number of aliphatic hydroxyl groups excluding tert-OH is 3. The number of nitrogens with two attached hydrogens (primary N) is 1. The number of aromatic amines is 1. The van der Waals surface area contributed by atoms with E-state index in [1.54, 1.807) is 0 Å². The molecule has 52 heavy (non-hydrogen) atoms. The van der Waals surface area contributed by atoms with E-state index in [0.29, 0.717) is 19.4 Å². The van der Waals surface area contributed by atoms with Gasteiger partial charge in [-0.15, -0.1) is 0 Å². The topological polar surface area (TPSA) is 291 Å². The van der Waals surface area contributed by atoms with Gasteiger partial charge in [0.2, 0.25) is 11.9 Å².